The van der Waals surface area contributed by atoms with E-state index in [0.29, 0.717) is 50.0 Å². The van der Waals surface area contributed by atoms with E-state index >= 15 is 0 Å². The highest BCUT2D eigenvalue weighted by molar-refractivity contribution is 7.94. The molecule has 0 aromatic rings. The van der Waals surface area contributed by atoms with Crippen molar-refractivity contribution in [3.05, 3.63) is 0 Å². The van der Waals surface area contributed by atoms with Crippen LogP contribution in [-0.2, 0) is 29.4 Å². The van der Waals surface area contributed by atoms with Gasteiger partial charge in [0.15, 0.2) is 9.84 Å². The molecule has 0 aromatic carbocycles. The lowest BCUT2D eigenvalue weighted by atomic mass is 9.60. The first kappa shape index (κ1) is 30.7. The molecule has 0 radical (unpaired) electrons. The monoisotopic (exact) mass is 576 g/mol. The van der Waals surface area contributed by atoms with E-state index in [4.69, 9.17) is 9.47 Å². The van der Waals surface area contributed by atoms with Crippen molar-refractivity contribution in [2.24, 2.45) is 23.2 Å². The highest BCUT2D eigenvalue weighted by Gasteiger charge is 2.48. The molecule has 4 aliphatic carbocycles. The van der Waals surface area contributed by atoms with Crippen LogP contribution in [-0.4, -0.2) is 62.6 Å². The first-order valence-electron chi connectivity index (χ1n) is 15.2. The zero-order valence-corrected chi connectivity index (χ0v) is 25.6. The predicted molar refractivity (Wildman–Crippen MR) is 150 cm³/mol. The lowest BCUT2D eigenvalue weighted by molar-refractivity contribution is -0.0669. The van der Waals surface area contributed by atoms with Crippen LogP contribution in [0.1, 0.15) is 117 Å². The van der Waals surface area contributed by atoms with E-state index < -0.39 is 35.7 Å². The highest BCUT2D eigenvalue weighted by atomic mass is 32.2. The molecule has 3 atom stereocenters. The van der Waals surface area contributed by atoms with Crippen LogP contribution >= 0.6 is 0 Å². The second-order valence-electron chi connectivity index (χ2n) is 13.6. The van der Waals surface area contributed by atoms with E-state index in [1.807, 2.05) is 14.0 Å². The van der Waals surface area contributed by atoms with Crippen LogP contribution in [0.15, 0.2) is 0 Å². The van der Waals surface area contributed by atoms with E-state index in [9.17, 15) is 21.4 Å². The third-order valence-electron chi connectivity index (χ3n) is 11.1. The van der Waals surface area contributed by atoms with Gasteiger partial charge in [0.2, 0.25) is 0 Å². The Labute approximate surface area is 231 Å². The molecule has 0 amide bonds. The number of ether oxygens (including phenoxy) is 2. The second-order valence-corrected chi connectivity index (χ2v) is 17.7. The van der Waals surface area contributed by atoms with Gasteiger partial charge in [-0.1, -0.05) is 20.8 Å². The lowest BCUT2D eigenvalue weighted by Crippen LogP contribution is -2.48. The molecule has 0 spiro atoms. The van der Waals surface area contributed by atoms with Crippen LogP contribution in [0.5, 0.6) is 0 Å². The van der Waals surface area contributed by atoms with Gasteiger partial charge in [0.05, 0.1) is 28.8 Å². The summed E-state index contributed by atoms with van der Waals surface area (Å²) in [7, 11) is -6.20. The van der Waals surface area contributed by atoms with Gasteiger partial charge in [0.25, 0.3) is 10.1 Å². The zero-order valence-electron chi connectivity index (χ0n) is 24.0. The summed E-state index contributed by atoms with van der Waals surface area (Å²) in [5.74, 6) is 1.59. The summed E-state index contributed by atoms with van der Waals surface area (Å²) in [5, 5.41) is -2.71. The van der Waals surface area contributed by atoms with Crippen molar-refractivity contribution in [3.63, 3.8) is 0 Å². The first-order chi connectivity index (χ1) is 17.8. The summed E-state index contributed by atoms with van der Waals surface area (Å²) in [4.78, 5) is 0. The lowest BCUT2D eigenvalue weighted by Gasteiger charge is -2.47. The number of methoxy groups -OCH3 is 1. The molecule has 0 bridgehead atoms. The van der Waals surface area contributed by atoms with Crippen molar-refractivity contribution in [1.82, 2.24) is 0 Å². The van der Waals surface area contributed by atoms with E-state index in [0.717, 1.165) is 24.7 Å². The molecular formula is C29H52O7S2. The maximum Gasteiger partial charge on any atom is 0.269 e. The minimum atomic E-state index is -4.40. The van der Waals surface area contributed by atoms with Gasteiger partial charge >= 0.3 is 0 Å². The normalized spacial score (nSPS) is 40.1. The zero-order chi connectivity index (χ0) is 27.7. The topological polar surface area (TPSA) is 107 Å². The molecule has 0 aromatic heterocycles. The molecule has 4 saturated carbocycles. The summed E-state index contributed by atoms with van der Waals surface area (Å²) < 4.78 is 72.8. The van der Waals surface area contributed by atoms with Gasteiger partial charge in [0, 0.05) is 7.11 Å². The smallest absolute Gasteiger partial charge is 0.269 e. The SMILES string of the molecule is COC1CCC(C(C)(C)C2CCC(OC3CCC(S(=O)(=O)C4CCC(C)CC4S(=O)(=O)O)CC3)CC2)CC1. The Kier molecular flexibility index (Phi) is 9.98. The van der Waals surface area contributed by atoms with E-state index in [-0.39, 0.29) is 24.5 Å². The van der Waals surface area contributed by atoms with Crippen LogP contribution in [0.2, 0.25) is 0 Å². The van der Waals surface area contributed by atoms with Gasteiger partial charge in [-0.3, -0.25) is 4.55 Å². The third kappa shape index (κ3) is 6.97. The first-order valence-corrected chi connectivity index (χ1v) is 18.3. The average Bonchev–Trinajstić information content (AvgIpc) is 2.88. The highest BCUT2D eigenvalue weighted by Crippen LogP contribution is 2.49. The number of hydrogen-bond acceptors (Lipinski definition) is 6. The Hall–Kier alpha value is -0.220. The van der Waals surface area contributed by atoms with Crippen molar-refractivity contribution in [2.45, 2.75) is 151 Å². The fourth-order valence-electron chi connectivity index (χ4n) is 8.33. The fraction of sp³-hybridized carbons (Fsp3) is 1.00. The maximum atomic E-state index is 13.5. The number of rotatable bonds is 8. The molecule has 3 unspecified atom stereocenters. The Morgan fingerprint density at radius 2 is 1.13 bits per heavy atom. The van der Waals surface area contributed by atoms with Gasteiger partial charge in [-0.05, 0) is 119 Å². The molecule has 4 aliphatic rings. The molecule has 0 aliphatic heterocycles. The van der Waals surface area contributed by atoms with Crippen molar-refractivity contribution >= 4 is 20.0 Å². The molecule has 4 fully saturated rings. The van der Waals surface area contributed by atoms with Crippen molar-refractivity contribution < 1.29 is 30.9 Å². The fourth-order valence-corrected chi connectivity index (χ4v) is 12.7. The summed E-state index contributed by atoms with van der Waals surface area (Å²) in [6, 6.07) is 0. The van der Waals surface area contributed by atoms with E-state index in [1.165, 1.54) is 38.5 Å². The van der Waals surface area contributed by atoms with Gasteiger partial charge in [0.1, 0.15) is 5.25 Å². The van der Waals surface area contributed by atoms with Crippen molar-refractivity contribution in [1.29, 1.82) is 0 Å². The largest absolute Gasteiger partial charge is 0.381 e. The van der Waals surface area contributed by atoms with E-state index in [2.05, 4.69) is 13.8 Å². The Morgan fingerprint density at radius 3 is 1.61 bits per heavy atom. The number of hydrogen-bond donors (Lipinski definition) is 1. The molecular weight excluding hydrogens is 524 g/mol. The van der Waals surface area contributed by atoms with Crippen LogP contribution in [0.25, 0.3) is 0 Å². The average molecular weight is 577 g/mol. The van der Waals surface area contributed by atoms with Crippen LogP contribution in [0.3, 0.4) is 0 Å². The summed E-state index contributed by atoms with van der Waals surface area (Å²) >= 11 is 0. The molecule has 0 heterocycles. The maximum absolute atomic E-state index is 13.5. The van der Waals surface area contributed by atoms with Crippen molar-refractivity contribution in [3.8, 4) is 0 Å². The minimum Gasteiger partial charge on any atom is -0.381 e. The van der Waals surface area contributed by atoms with Gasteiger partial charge in [-0.25, -0.2) is 8.42 Å². The molecule has 0 saturated heterocycles. The Bertz CT molecular complexity index is 968. The summed E-state index contributed by atoms with van der Waals surface area (Å²) in [6.45, 7) is 6.86. The van der Waals surface area contributed by atoms with E-state index in [1.54, 1.807) is 0 Å². The molecule has 1 N–H and O–H groups in total. The molecule has 222 valence electrons. The van der Waals surface area contributed by atoms with Gasteiger partial charge < -0.3 is 9.47 Å². The minimum absolute atomic E-state index is 0.0871. The van der Waals surface area contributed by atoms with Gasteiger partial charge in [-0.15, -0.1) is 0 Å². The quantitative estimate of drug-likeness (QED) is 0.355. The molecule has 7 nitrogen and oxygen atoms in total. The van der Waals surface area contributed by atoms with Crippen molar-refractivity contribution in [2.75, 3.05) is 7.11 Å². The van der Waals surface area contributed by atoms with Crippen LogP contribution < -0.4 is 0 Å². The molecule has 9 heteroatoms. The summed E-state index contributed by atoms with van der Waals surface area (Å²) in [5.41, 5.74) is 0.340. The van der Waals surface area contributed by atoms with Crippen LogP contribution in [0.4, 0.5) is 0 Å². The molecule has 4 rings (SSSR count). The standard InChI is InChI=1S/C29H52O7S2/c1-20-5-18-27(28(19-20)38(32,33)34)37(30,31)26-16-14-25(15-17-26)36-24-12-8-22(9-13-24)29(2,3)21-6-10-23(35-4)11-7-21/h20-28H,5-19H2,1-4H3,(H,32,33,34). The van der Waals surface area contributed by atoms with Crippen LogP contribution in [0, 0.1) is 23.2 Å². The second kappa shape index (κ2) is 12.3. The third-order valence-corrected chi connectivity index (χ3v) is 15.3. The number of sulfone groups is 1. The Balaban J connectivity index is 1.24. The Morgan fingerprint density at radius 1 is 0.658 bits per heavy atom. The summed E-state index contributed by atoms with van der Waals surface area (Å²) in [6.07, 6.45) is 13.9. The molecule has 38 heavy (non-hydrogen) atoms. The predicted octanol–water partition coefficient (Wildman–Crippen LogP) is 5.96. The van der Waals surface area contributed by atoms with Gasteiger partial charge in [-0.2, -0.15) is 8.42 Å².